The number of aromatic nitrogens is 1. The standard InChI is InChI=1S/C17H19Cl2N3S/c18-12-1-2-14(19)13(7-12)15-9-23-16(21-15)8-22-6-4-17(11-22)3-5-20-10-17/h1-2,7,9,20H,3-6,8,10-11H2. The maximum absolute atomic E-state index is 6.28. The van der Waals surface area contributed by atoms with Crippen molar-refractivity contribution in [1.29, 1.82) is 0 Å². The lowest BCUT2D eigenvalue weighted by Crippen LogP contribution is -2.28. The molecule has 4 rings (SSSR count). The zero-order valence-electron chi connectivity index (χ0n) is 12.8. The first-order chi connectivity index (χ1) is 11.1. The van der Waals surface area contributed by atoms with E-state index >= 15 is 0 Å². The van der Waals surface area contributed by atoms with E-state index in [1.165, 1.54) is 39.0 Å². The first-order valence-corrected chi connectivity index (χ1v) is 9.60. The van der Waals surface area contributed by atoms with E-state index in [0.717, 1.165) is 22.8 Å². The number of benzene rings is 1. The lowest BCUT2D eigenvalue weighted by Gasteiger charge is -2.22. The molecule has 2 saturated heterocycles. The van der Waals surface area contributed by atoms with Crippen LogP contribution in [0.5, 0.6) is 0 Å². The van der Waals surface area contributed by atoms with E-state index in [1.807, 2.05) is 12.1 Å². The van der Waals surface area contributed by atoms with Crippen LogP contribution < -0.4 is 5.32 Å². The minimum absolute atomic E-state index is 0.510. The number of halogens is 2. The number of hydrogen-bond acceptors (Lipinski definition) is 4. The van der Waals surface area contributed by atoms with Gasteiger partial charge in [0.1, 0.15) is 5.01 Å². The zero-order valence-corrected chi connectivity index (χ0v) is 15.1. The average molecular weight is 368 g/mol. The van der Waals surface area contributed by atoms with Crippen molar-refractivity contribution >= 4 is 34.5 Å². The summed E-state index contributed by atoms with van der Waals surface area (Å²) in [4.78, 5) is 7.32. The Bertz CT molecular complexity index is 710. The van der Waals surface area contributed by atoms with Crippen LogP contribution in [0.15, 0.2) is 23.6 Å². The minimum Gasteiger partial charge on any atom is -0.316 e. The second-order valence-electron chi connectivity index (χ2n) is 6.64. The summed E-state index contributed by atoms with van der Waals surface area (Å²) in [5.74, 6) is 0. The number of nitrogens with one attached hydrogen (secondary N) is 1. The van der Waals surface area contributed by atoms with Crippen LogP contribution in [0.3, 0.4) is 0 Å². The lowest BCUT2D eigenvalue weighted by molar-refractivity contribution is 0.268. The van der Waals surface area contributed by atoms with Gasteiger partial charge in [-0.25, -0.2) is 4.98 Å². The molecule has 0 saturated carbocycles. The van der Waals surface area contributed by atoms with Crippen LogP contribution in [-0.2, 0) is 6.54 Å². The molecule has 1 atom stereocenters. The maximum atomic E-state index is 6.28. The molecule has 1 unspecified atom stereocenters. The summed E-state index contributed by atoms with van der Waals surface area (Å²) < 4.78 is 0. The molecule has 23 heavy (non-hydrogen) atoms. The second-order valence-corrected chi connectivity index (χ2v) is 8.42. The van der Waals surface area contributed by atoms with E-state index in [0.29, 0.717) is 15.5 Å². The summed E-state index contributed by atoms with van der Waals surface area (Å²) in [5, 5.41) is 8.13. The highest BCUT2D eigenvalue weighted by molar-refractivity contribution is 7.09. The van der Waals surface area contributed by atoms with Gasteiger partial charge in [0.05, 0.1) is 17.3 Å². The van der Waals surface area contributed by atoms with Crippen molar-refractivity contribution in [3.05, 3.63) is 38.6 Å². The van der Waals surface area contributed by atoms with Crippen LogP contribution in [0.2, 0.25) is 10.0 Å². The number of hydrogen-bond donors (Lipinski definition) is 1. The number of rotatable bonds is 3. The molecule has 1 N–H and O–H groups in total. The number of likely N-dealkylation sites (tertiary alicyclic amines) is 1. The normalized spacial score (nSPS) is 24.8. The summed E-state index contributed by atoms with van der Waals surface area (Å²) in [6, 6.07) is 5.52. The molecule has 2 aliphatic heterocycles. The SMILES string of the molecule is Clc1ccc(Cl)c(-c2csc(CN3CCC4(CCNC4)C3)n2)c1. The molecular weight excluding hydrogens is 349 g/mol. The van der Waals surface area contributed by atoms with Crippen molar-refractivity contribution in [2.75, 3.05) is 26.2 Å². The van der Waals surface area contributed by atoms with Gasteiger partial charge in [0.15, 0.2) is 0 Å². The lowest BCUT2D eigenvalue weighted by atomic mass is 9.87. The zero-order chi connectivity index (χ0) is 15.9. The predicted octanol–water partition coefficient (Wildman–Crippen LogP) is 4.30. The maximum Gasteiger partial charge on any atom is 0.107 e. The van der Waals surface area contributed by atoms with Gasteiger partial charge in [0.25, 0.3) is 0 Å². The molecule has 3 nitrogen and oxygen atoms in total. The van der Waals surface area contributed by atoms with Gasteiger partial charge in [-0.1, -0.05) is 23.2 Å². The average Bonchev–Trinajstić information content (AvgIpc) is 3.26. The highest BCUT2D eigenvalue weighted by atomic mass is 35.5. The van der Waals surface area contributed by atoms with Crippen molar-refractivity contribution in [2.45, 2.75) is 19.4 Å². The summed E-state index contributed by atoms with van der Waals surface area (Å²) >= 11 is 14.1. The Balaban J connectivity index is 1.47. The number of thiazole rings is 1. The molecule has 2 aromatic rings. The molecule has 6 heteroatoms. The summed E-state index contributed by atoms with van der Waals surface area (Å²) in [6.07, 6.45) is 2.61. The third kappa shape index (κ3) is 3.28. The summed E-state index contributed by atoms with van der Waals surface area (Å²) in [7, 11) is 0. The Morgan fingerprint density at radius 1 is 1.30 bits per heavy atom. The van der Waals surface area contributed by atoms with Gasteiger partial charge in [-0.2, -0.15) is 0 Å². The number of nitrogens with zero attached hydrogens (tertiary/aromatic N) is 2. The van der Waals surface area contributed by atoms with E-state index in [1.54, 1.807) is 17.4 Å². The van der Waals surface area contributed by atoms with Gasteiger partial charge in [0.2, 0.25) is 0 Å². The Kier molecular flexibility index (Phi) is 4.37. The van der Waals surface area contributed by atoms with Crippen molar-refractivity contribution < 1.29 is 0 Å². The molecule has 1 aromatic carbocycles. The Morgan fingerprint density at radius 2 is 2.22 bits per heavy atom. The molecule has 1 spiro atoms. The van der Waals surface area contributed by atoms with Crippen LogP contribution in [-0.4, -0.2) is 36.1 Å². The fraction of sp³-hybridized carbons (Fsp3) is 0.471. The van der Waals surface area contributed by atoms with Crippen LogP contribution in [0.25, 0.3) is 11.3 Å². The van der Waals surface area contributed by atoms with Crippen molar-refractivity contribution in [3.63, 3.8) is 0 Å². The molecule has 0 aliphatic carbocycles. The second kappa shape index (κ2) is 6.34. The topological polar surface area (TPSA) is 28.2 Å². The van der Waals surface area contributed by atoms with Gasteiger partial charge in [-0.3, -0.25) is 4.90 Å². The molecule has 0 bridgehead atoms. The fourth-order valence-corrected chi connectivity index (χ4v) is 4.92. The third-order valence-electron chi connectivity index (χ3n) is 4.96. The van der Waals surface area contributed by atoms with E-state index < -0.39 is 0 Å². The first-order valence-electron chi connectivity index (χ1n) is 7.97. The minimum atomic E-state index is 0.510. The molecule has 2 aliphatic rings. The molecule has 2 fully saturated rings. The molecule has 0 amide bonds. The molecule has 3 heterocycles. The van der Waals surface area contributed by atoms with E-state index in [4.69, 9.17) is 28.2 Å². The van der Waals surface area contributed by atoms with E-state index in [-0.39, 0.29) is 0 Å². The first kappa shape index (κ1) is 15.9. The molecular formula is C17H19Cl2N3S. The Hall–Kier alpha value is -0.650. The van der Waals surface area contributed by atoms with Gasteiger partial charge in [-0.05, 0) is 49.5 Å². The molecule has 122 valence electrons. The van der Waals surface area contributed by atoms with Crippen molar-refractivity contribution in [2.24, 2.45) is 5.41 Å². The highest BCUT2D eigenvalue weighted by Crippen LogP contribution is 2.37. The monoisotopic (exact) mass is 367 g/mol. The fourth-order valence-electron chi connectivity index (χ4n) is 3.70. The van der Waals surface area contributed by atoms with Gasteiger partial charge >= 0.3 is 0 Å². The van der Waals surface area contributed by atoms with Crippen molar-refractivity contribution in [3.8, 4) is 11.3 Å². The van der Waals surface area contributed by atoms with E-state index in [9.17, 15) is 0 Å². The summed E-state index contributed by atoms with van der Waals surface area (Å²) in [5.41, 5.74) is 2.35. The predicted molar refractivity (Wildman–Crippen MR) is 97.4 cm³/mol. The molecule has 1 aromatic heterocycles. The van der Waals surface area contributed by atoms with Crippen LogP contribution >= 0.6 is 34.5 Å². The quantitative estimate of drug-likeness (QED) is 0.876. The van der Waals surface area contributed by atoms with Gasteiger partial charge < -0.3 is 5.32 Å². The van der Waals surface area contributed by atoms with Gasteiger partial charge in [-0.15, -0.1) is 11.3 Å². The van der Waals surface area contributed by atoms with Gasteiger partial charge in [0, 0.05) is 29.1 Å². The van der Waals surface area contributed by atoms with Crippen molar-refractivity contribution in [1.82, 2.24) is 15.2 Å². The van der Waals surface area contributed by atoms with Crippen LogP contribution in [0.1, 0.15) is 17.8 Å². The van der Waals surface area contributed by atoms with Crippen LogP contribution in [0, 0.1) is 5.41 Å². The third-order valence-corrected chi connectivity index (χ3v) is 6.36. The highest BCUT2D eigenvalue weighted by Gasteiger charge is 2.40. The Labute approximate surface area is 150 Å². The molecule has 0 radical (unpaired) electrons. The smallest absolute Gasteiger partial charge is 0.107 e. The largest absolute Gasteiger partial charge is 0.316 e. The Morgan fingerprint density at radius 3 is 3.04 bits per heavy atom. The van der Waals surface area contributed by atoms with E-state index in [2.05, 4.69) is 15.6 Å². The van der Waals surface area contributed by atoms with Crippen LogP contribution in [0.4, 0.5) is 0 Å². The summed E-state index contributed by atoms with van der Waals surface area (Å²) in [6.45, 7) is 5.64.